The van der Waals surface area contributed by atoms with Crippen molar-refractivity contribution in [1.82, 2.24) is 4.57 Å². The summed E-state index contributed by atoms with van der Waals surface area (Å²) in [5, 5.41) is 1.06. The van der Waals surface area contributed by atoms with Gasteiger partial charge in [0.25, 0.3) is 5.56 Å². The molecule has 0 bridgehead atoms. The summed E-state index contributed by atoms with van der Waals surface area (Å²) >= 11 is 15.2. The Balaban J connectivity index is 1.53. The number of carbonyl (C=O) groups is 1. The maximum Gasteiger partial charge on any atom is 0.338 e. The molecular weight excluding hydrogens is 627 g/mol. The summed E-state index contributed by atoms with van der Waals surface area (Å²) in [5.41, 5.74) is 2.94. The van der Waals surface area contributed by atoms with Gasteiger partial charge in [0.1, 0.15) is 6.61 Å². The van der Waals surface area contributed by atoms with Crippen LogP contribution in [-0.4, -0.2) is 30.5 Å². The van der Waals surface area contributed by atoms with E-state index in [-0.39, 0.29) is 18.8 Å². The molecule has 11 heteroatoms. The molecule has 4 aromatic rings. The first-order chi connectivity index (χ1) is 20.7. The number of carbonyl (C=O) groups excluding carboxylic acids is 1. The standard InChI is InChI=1S/C32H28Cl2N2O5S2/c1-5-40-31(38)28-18(2)35-32-36(29(28)20-8-11-23(42-4)12-9-20)30(37)27(43-32)15-19-6-13-25(26(14-19)39-3)41-17-21-7-10-22(33)16-24(21)34/h6-16,29H,5,17H2,1-4H3/b27-15-/t29-/m0/s1. The molecule has 0 fully saturated rings. The fourth-order valence-corrected chi connectivity index (χ4v) is 6.65. The number of rotatable bonds is 9. The Kier molecular flexibility index (Phi) is 9.66. The minimum Gasteiger partial charge on any atom is -0.493 e. The first kappa shape index (κ1) is 30.9. The molecule has 1 aliphatic heterocycles. The number of halogens is 2. The van der Waals surface area contributed by atoms with Crippen molar-refractivity contribution in [2.75, 3.05) is 20.0 Å². The Morgan fingerprint density at radius 3 is 2.53 bits per heavy atom. The fourth-order valence-electron chi connectivity index (χ4n) is 4.73. The highest BCUT2D eigenvalue weighted by molar-refractivity contribution is 7.98. The average molecular weight is 656 g/mol. The molecule has 43 heavy (non-hydrogen) atoms. The summed E-state index contributed by atoms with van der Waals surface area (Å²) in [6.07, 6.45) is 3.78. The number of nitrogens with zero attached hydrogens (tertiary/aromatic N) is 2. The maximum atomic E-state index is 13.9. The van der Waals surface area contributed by atoms with Gasteiger partial charge in [-0.15, -0.1) is 11.8 Å². The monoisotopic (exact) mass is 654 g/mol. The Hall–Kier alpha value is -3.50. The lowest BCUT2D eigenvalue weighted by Gasteiger charge is -2.24. The van der Waals surface area contributed by atoms with Crippen LogP contribution in [0.1, 0.15) is 36.6 Å². The van der Waals surface area contributed by atoms with E-state index in [0.29, 0.717) is 42.1 Å². The van der Waals surface area contributed by atoms with E-state index < -0.39 is 12.0 Å². The van der Waals surface area contributed by atoms with Crippen molar-refractivity contribution in [3.63, 3.8) is 0 Å². The molecule has 1 aromatic heterocycles. The van der Waals surface area contributed by atoms with Gasteiger partial charge in [-0.2, -0.15) is 0 Å². The van der Waals surface area contributed by atoms with E-state index in [1.54, 1.807) is 67.6 Å². The van der Waals surface area contributed by atoms with Crippen LogP contribution in [0.5, 0.6) is 11.5 Å². The van der Waals surface area contributed by atoms with Crippen LogP contribution in [0.3, 0.4) is 0 Å². The van der Waals surface area contributed by atoms with Crippen LogP contribution >= 0.6 is 46.3 Å². The molecule has 1 atom stereocenters. The molecule has 0 spiro atoms. The first-order valence-corrected chi connectivity index (χ1v) is 16.1. The van der Waals surface area contributed by atoms with Crippen molar-refractivity contribution >= 4 is 58.3 Å². The predicted molar refractivity (Wildman–Crippen MR) is 172 cm³/mol. The largest absolute Gasteiger partial charge is 0.493 e. The lowest BCUT2D eigenvalue weighted by molar-refractivity contribution is -0.139. The van der Waals surface area contributed by atoms with Gasteiger partial charge in [0.2, 0.25) is 0 Å². The zero-order chi connectivity index (χ0) is 30.7. The third-order valence-electron chi connectivity index (χ3n) is 6.83. The van der Waals surface area contributed by atoms with E-state index >= 15 is 0 Å². The second kappa shape index (κ2) is 13.4. The average Bonchev–Trinajstić information content (AvgIpc) is 3.30. The van der Waals surface area contributed by atoms with Gasteiger partial charge in [-0.05, 0) is 73.7 Å². The van der Waals surface area contributed by atoms with Gasteiger partial charge in [0.15, 0.2) is 16.3 Å². The van der Waals surface area contributed by atoms with Crippen LogP contribution in [0, 0.1) is 0 Å². The van der Waals surface area contributed by atoms with E-state index in [0.717, 1.165) is 21.6 Å². The second-order valence-corrected chi connectivity index (χ2v) is 12.2. The number of hydrogen-bond acceptors (Lipinski definition) is 8. The minimum absolute atomic E-state index is 0.215. The Morgan fingerprint density at radius 2 is 1.86 bits per heavy atom. The highest BCUT2D eigenvalue weighted by atomic mass is 35.5. The number of aromatic nitrogens is 1. The van der Waals surface area contributed by atoms with Crippen LogP contribution in [0.2, 0.25) is 10.0 Å². The van der Waals surface area contributed by atoms with Crippen LogP contribution < -0.4 is 24.4 Å². The summed E-state index contributed by atoms with van der Waals surface area (Å²) in [4.78, 5) is 33.3. The summed E-state index contributed by atoms with van der Waals surface area (Å²) in [5.74, 6) is 0.534. The van der Waals surface area contributed by atoms with Gasteiger partial charge in [0, 0.05) is 20.5 Å². The molecule has 0 amide bonds. The smallest absolute Gasteiger partial charge is 0.338 e. The number of fused-ring (bicyclic) bond motifs is 1. The Morgan fingerprint density at radius 1 is 1.09 bits per heavy atom. The molecule has 5 rings (SSSR count). The molecule has 0 saturated carbocycles. The first-order valence-electron chi connectivity index (χ1n) is 13.3. The van der Waals surface area contributed by atoms with E-state index in [4.69, 9.17) is 37.4 Å². The predicted octanol–water partition coefficient (Wildman–Crippen LogP) is 6.41. The van der Waals surface area contributed by atoms with Gasteiger partial charge in [-0.3, -0.25) is 9.36 Å². The zero-order valence-electron chi connectivity index (χ0n) is 23.9. The van der Waals surface area contributed by atoms with Gasteiger partial charge in [0.05, 0.1) is 35.6 Å². The fraction of sp³-hybridized carbons (Fsp3) is 0.219. The third-order valence-corrected chi connectivity index (χ3v) is 9.15. The summed E-state index contributed by atoms with van der Waals surface area (Å²) in [7, 11) is 1.55. The molecule has 3 aromatic carbocycles. The molecular formula is C32H28Cl2N2O5S2. The van der Waals surface area contributed by atoms with Crippen molar-refractivity contribution in [3.8, 4) is 11.5 Å². The Labute approximate surface area is 267 Å². The summed E-state index contributed by atoms with van der Waals surface area (Å²) in [6.45, 7) is 3.97. The maximum absolute atomic E-state index is 13.9. The number of thiazole rings is 1. The molecule has 0 radical (unpaired) electrons. The van der Waals surface area contributed by atoms with Gasteiger partial charge >= 0.3 is 5.97 Å². The molecule has 0 N–H and O–H groups in total. The van der Waals surface area contributed by atoms with Gasteiger partial charge < -0.3 is 14.2 Å². The number of thioether (sulfide) groups is 1. The van der Waals surface area contributed by atoms with Crippen LogP contribution in [0.25, 0.3) is 6.08 Å². The van der Waals surface area contributed by atoms with Crippen LogP contribution in [0.15, 0.2) is 86.6 Å². The normalized spacial score (nSPS) is 14.7. The highest BCUT2D eigenvalue weighted by Gasteiger charge is 2.33. The van der Waals surface area contributed by atoms with E-state index in [9.17, 15) is 9.59 Å². The van der Waals surface area contributed by atoms with Gasteiger partial charge in [-0.1, -0.05) is 58.8 Å². The Bertz CT molecular complexity index is 1900. The molecule has 222 valence electrons. The van der Waals surface area contributed by atoms with E-state index in [1.807, 2.05) is 42.7 Å². The highest BCUT2D eigenvalue weighted by Crippen LogP contribution is 2.33. The number of ether oxygens (including phenoxy) is 3. The second-order valence-electron chi connectivity index (χ2n) is 9.51. The van der Waals surface area contributed by atoms with Crippen molar-refractivity contribution < 1.29 is 19.0 Å². The lowest BCUT2D eigenvalue weighted by Crippen LogP contribution is -2.39. The number of esters is 1. The van der Waals surface area contributed by atoms with Crippen molar-refractivity contribution in [3.05, 3.63) is 118 Å². The summed E-state index contributed by atoms with van der Waals surface area (Å²) < 4.78 is 19.0. The van der Waals surface area contributed by atoms with Crippen LogP contribution in [-0.2, 0) is 16.1 Å². The summed E-state index contributed by atoms with van der Waals surface area (Å²) in [6, 6.07) is 17.8. The van der Waals surface area contributed by atoms with E-state index in [1.165, 1.54) is 11.3 Å². The van der Waals surface area contributed by atoms with Crippen molar-refractivity contribution in [1.29, 1.82) is 0 Å². The number of methoxy groups -OCH3 is 1. The third kappa shape index (κ3) is 6.55. The zero-order valence-corrected chi connectivity index (χ0v) is 27.0. The topological polar surface area (TPSA) is 79.1 Å². The molecule has 0 aliphatic carbocycles. The van der Waals surface area contributed by atoms with Crippen LogP contribution in [0.4, 0.5) is 0 Å². The van der Waals surface area contributed by atoms with E-state index in [2.05, 4.69) is 4.99 Å². The quantitative estimate of drug-likeness (QED) is 0.153. The number of benzene rings is 3. The minimum atomic E-state index is -0.668. The molecule has 2 heterocycles. The molecule has 0 saturated heterocycles. The number of hydrogen-bond donors (Lipinski definition) is 0. The van der Waals surface area contributed by atoms with Crippen molar-refractivity contribution in [2.24, 2.45) is 4.99 Å². The molecule has 0 unspecified atom stereocenters. The SMILES string of the molecule is CCOC(=O)C1=C(C)N=c2s/c(=C\c3ccc(OCc4ccc(Cl)cc4Cl)c(OC)c3)c(=O)n2[C@H]1c1ccc(SC)cc1. The molecule has 1 aliphatic rings. The van der Waals surface area contributed by atoms with Gasteiger partial charge in [-0.25, -0.2) is 9.79 Å². The number of allylic oxidation sites excluding steroid dienone is 1. The van der Waals surface area contributed by atoms with Crippen molar-refractivity contribution in [2.45, 2.75) is 31.4 Å². The lowest BCUT2D eigenvalue weighted by atomic mass is 9.96. The molecule has 7 nitrogen and oxygen atoms in total.